The highest BCUT2D eigenvalue weighted by molar-refractivity contribution is 6.38. The highest BCUT2D eigenvalue weighted by Crippen LogP contribution is 2.65. The largest absolute Gasteiger partial charge is 0.444 e. The van der Waals surface area contributed by atoms with Crippen molar-refractivity contribution in [1.82, 2.24) is 25.8 Å². The zero-order valence-corrected chi connectivity index (χ0v) is 26.4. The van der Waals surface area contributed by atoms with Gasteiger partial charge in [0.2, 0.25) is 17.6 Å². The predicted octanol–water partition coefficient (Wildman–Crippen LogP) is 2.97. The van der Waals surface area contributed by atoms with Crippen molar-refractivity contribution in [3.63, 3.8) is 0 Å². The number of hydrogen-bond acceptors (Lipinski definition) is 7. The standard InChI is InChI=1S/C31H47N5O6/c1-10-11-20(23(37)26(39)33-16-18-12-14-32-15-13-18)34-25(38)22-21-19(31(21,8)9)17-36(22)27(40)24(29(2,3)4)35-28(41)42-30(5,6)7/h12-15,19-22,24H,10-11,16-17H2,1-9H3,(H,33,39)(H,34,38)(H,35,41)/t19-,20+,21?,22-,24+/m0/s1. The molecule has 1 aromatic rings. The molecular formula is C31H47N5O6. The van der Waals surface area contributed by atoms with E-state index in [2.05, 4.69) is 34.8 Å². The lowest BCUT2D eigenvalue weighted by Crippen LogP contribution is -2.60. The van der Waals surface area contributed by atoms with Crippen LogP contribution in [0.4, 0.5) is 4.79 Å². The molecular weight excluding hydrogens is 538 g/mol. The zero-order valence-electron chi connectivity index (χ0n) is 26.4. The second-order valence-corrected chi connectivity index (χ2v) is 14.1. The zero-order chi connectivity index (χ0) is 31.6. The van der Waals surface area contributed by atoms with E-state index in [1.54, 1.807) is 45.3 Å². The molecule has 4 amide bonds. The summed E-state index contributed by atoms with van der Waals surface area (Å²) in [6.07, 6.45) is 3.31. The van der Waals surface area contributed by atoms with Crippen LogP contribution in [0, 0.1) is 22.7 Å². The lowest BCUT2D eigenvalue weighted by atomic mass is 9.85. The Balaban J connectivity index is 1.78. The number of ether oxygens (including phenoxy) is 1. The van der Waals surface area contributed by atoms with Crippen LogP contribution in [0.1, 0.15) is 80.7 Å². The van der Waals surface area contributed by atoms with E-state index in [9.17, 15) is 24.0 Å². The molecule has 2 heterocycles. The topological polar surface area (TPSA) is 147 Å². The molecule has 2 fully saturated rings. The molecule has 1 aliphatic carbocycles. The number of amides is 4. The van der Waals surface area contributed by atoms with Crippen LogP contribution in [0.25, 0.3) is 0 Å². The summed E-state index contributed by atoms with van der Waals surface area (Å²) in [4.78, 5) is 71.9. The smallest absolute Gasteiger partial charge is 0.408 e. The van der Waals surface area contributed by atoms with Crippen LogP contribution >= 0.6 is 0 Å². The summed E-state index contributed by atoms with van der Waals surface area (Å²) in [6.45, 7) is 17.2. The Morgan fingerprint density at radius 3 is 2.21 bits per heavy atom. The number of rotatable bonds is 10. The number of carbonyl (C=O) groups excluding carboxylic acids is 5. The van der Waals surface area contributed by atoms with Gasteiger partial charge in [0.15, 0.2) is 0 Å². The number of aromatic nitrogens is 1. The Morgan fingerprint density at radius 2 is 1.67 bits per heavy atom. The Hall–Kier alpha value is -3.50. The first-order valence-electron chi connectivity index (χ1n) is 14.7. The molecule has 3 rings (SSSR count). The molecule has 1 unspecified atom stereocenters. The van der Waals surface area contributed by atoms with E-state index >= 15 is 0 Å². The monoisotopic (exact) mass is 585 g/mol. The third kappa shape index (κ3) is 7.66. The number of ketones is 1. The Bertz CT molecular complexity index is 1190. The van der Waals surface area contributed by atoms with Crippen molar-refractivity contribution in [2.24, 2.45) is 22.7 Å². The van der Waals surface area contributed by atoms with E-state index in [0.717, 1.165) is 5.56 Å². The lowest BCUT2D eigenvalue weighted by molar-refractivity contribution is -0.145. The summed E-state index contributed by atoms with van der Waals surface area (Å²) in [5, 5.41) is 8.15. The van der Waals surface area contributed by atoms with Gasteiger partial charge >= 0.3 is 6.09 Å². The number of pyridine rings is 1. The molecule has 0 bridgehead atoms. The quantitative estimate of drug-likeness (QED) is 0.358. The van der Waals surface area contributed by atoms with Crippen molar-refractivity contribution in [2.45, 2.75) is 105 Å². The molecule has 11 heteroatoms. The van der Waals surface area contributed by atoms with Gasteiger partial charge in [0.1, 0.15) is 17.7 Å². The van der Waals surface area contributed by atoms with E-state index in [1.807, 2.05) is 27.7 Å². The Labute approximate surface area is 248 Å². The van der Waals surface area contributed by atoms with Gasteiger partial charge in [-0.05, 0) is 67.6 Å². The van der Waals surface area contributed by atoms with Gasteiger partial charge in [-0.2, -0.15) is 0 Å². The van der Waals surface area contributed by atoms with Crippen LogP contribution < -0.4 is 16.0 Å². The molecule has 2 aliphatic rings. The van der Waals surface area contributed by atoms with Crippen LogP contribution in [-0.4, -0.2) is 69.8 Å². The summed E-state index contributed by atoms with van der Waals surface area (Å²) in [5.74, 6) is -2.39. The Morgan fingerprint density at radius 1 is 1.05 bits per heavy atom. The first-order valence-corrected chi connectivity index (χ1v) is 14.7. The predicted molar refractivity (Wildman–Crippen MR) is 157 cm³/mol. The molecule has 1 saturated heterocycles. The minimum Gasteiger partial charge on any atom is -0.444 e. The highest BCUT2D eigenvalue weighted by atomic mass is 16.6. The normalized spacial score (nSPS) is 22.3. The molecule has 42 heavy (non-hydrogen) atoms. The average Bonchev–Trinajstić information content (AvgIpc) is 3.21. The first-order chi connectivity index (χ1) is 19.4. The molecule has 0 radical (unpaired) electrons. The number of piperidine rings is 1. The molecule has 232 valence electrons. The number of nitrogens with zero attached hydrogens (tertiary/aromatic N) is 2. The number of Topliss-reactive ketones (excluding diaryl/α,β-unsaturated/α-hetero) is 1. The minimum atomic E-state index is -1.03. The summed E-state index contributed by atoms with van der Waals surface area (Å²) in [6, 6.07) is 0.650. The van der Waals surface area contributed by atoms with Crippen LogP contribution in [0.2, 0.25) is 0 Å². The van der Waals surface area contributed by atoms with Crippen molar-refractivity contribution < 1.29 is 28.7 Å². The molecule has 3 N–H and O–H groups in total. The lowest BCUT2D eigenvalue weighted by Gasteiger charge is -2.38. The maximum Gasteiger partial charge on any atom is 0.408 e. The van der Waals surface area contributed by atoms with Crippen molar-refractivity contribution in [3.05, 3.63) is 30.1 Å². The third-order valence-electron chi connectivity index (χ3n) is 8.17. The second kappa shape index (κ2) is 12.4. The SMILES string of the molecule is CCC[C@@H](NC(=O)[C@@H]1C2[C@H](CN1C(=O)[C@@H](NC(=O)OC(C)(C)C)C(C)(C)C)C2(C)C)C(=O)C(=O)NCc1ccncc1. The fraction of sp³-hybridized carbons (Fsp3) is 0.677. The van der Waals surface area contributed by atoms with Gasteiger partial charge in [0, 0.05) is 25.5 Å². The van der Waals surface area contributed by atoms with E-state index in [1.165, 1.54) is 4.90 Å². The van der Waals surface area contributed by atoms with Gasteiger partial charge in [-0.1, -0.05) is 48.0 Å². The maximum atomic E-state index is 14.0. The minimum absolute atomic E-state index is 0.100. The number of fused-ring (bicyclic) bond motifs is 1. The molecule has 1 aromatic heterocycles. The number of alkyl carbamates (subject to hydrolysis) is 1. The Kier molecular flexibility index (Phi) is 9.74. The van der Waals surface area contributed by atoms with Crippen LogP contribution in [0.3, 0.4) is 0 Å². The van der Waals surface area contributed by atoms with Gasteiger partial charge in [0.25, 0.3) is 5.91 Å². The fourth-order valence-corrected chi connectivity index (χ4v) is 5.80. The molecule has 5 atom stereocenters. The van der Waals surface area contributed by atoms with Gasteiger partial charge in [-0.15, -0.1) is 0 Å². The summed E-state index contributed by atoms with van der Waals surface area (Å²) >= 11 is 0. The van der Waals surface area contributed by atoms with E-state index in [0.29, 0.717) is 13.0 Å². The molecule has 1 saturated carbocycles. The number of nitrogens with one attached hydrogen (secondary N) is 3. The van der Waals surface area contributed by atoms with Crippen LogP contribution in [0.5, 0.6) is 0 Å². The fourth-order valence-electron chi connectivity index (χ4n) is 5.80. The van der Waals surface area contributed by atoms with Gasteiger partial charge in [0.05, 0.1) is 6.04 Å². The average molecular weight is 586 g/mol. The van der Waals surface area contributed by atoms with Crippen molar-refractivity contribution >= 4 is 29.6 Å². The summed E-state index contributed by atoms with van der Waals surface area (Å²) in [7, 11) is 0. The first kappa shape index (κ1) is 33.0. The van der Waals surface area contributed by atoms with Gasteiger partial charge in [-0.25, -0.2) is 4.79 Å². The van der Waals surface area contributed by atoms with Crippen LogP contribution in [0.15, 0.2) is 24.5 Å². The summed E-state index contributed by atoms with van der Waals surface area (Å²) in [5.41, 5.74) is -0.799. The van der Waals surface area contributed by atoms with Crippen molar-refractivity contribution in [3.8, 4) is 0 Å². The van der Waals surface area contributed by atoms with E-state index in [-0.39, 0.29) is 36.1 Å². The number of carbonyl (C=O) groups is 5. The van der Waals surface area contributed by atoms with E-state index < -0.39 is 52.8 Å². The summed E-state index contributed by atoms with van der Waals surface area (Å²) < 4.78 is 5.41. The second-order valence-electron chi connectivity index (χ2n) is 14.1. The molecule has 11 nitrogen and oxygen atoms in total. The van der Waals surface area contributed by atoms with Crippen molar-refractivity contribution in [2.75, 3.05) is 6.54 Å². The van der Waals surface area contributed by atoms with Crippen LogP contribution in [-0.2, 0) is 30.5 Å². The molecule has 1 aliphatic heterocycles. The molecule has 0 spiro atoms. The third-order valence-corrected chi connectivity index (χ3v) is 8.17. The van der Waals surface area contributed by atoms with Gasteiger partial charge < -0.3 is 25.6 Å². The number of hydrogen-bond donors (Lipinski definition) is 3. The highest BCUT2D eigenvalue weighted by Gasteiger charge is 2.70. The van der Waals surface area contributed by atoms with E-state index in [4.69, 9.17) is 4.74 Å². The van der Waals surface area contributed by atoms with Crippen molar-refractivity contribution in [1.29, 1.82) is 0 Å². The number of likely N-dealkylation sites (tertiary alicyclic amines) is 1. The van der Waals surface area contributed by atoms with Gasteiger partial charge in [-0.3, -0.25) is 24.2 Å². The maximum absolute atomic E-state index is 14.0. The molecule has 0 aromatic carbocycles.